The minimum atomic E-state index is -0.481. The molecule has 0 saturated heterocycles. The van der Waals surface area contributed by atoms with Crippen LogP contribution in [-0.4, -0.2) is 19.0 Å². The fourth-order valence-electron chi connectivity index (χ4n) is 1.40. The summed E-state index contributed by atoms with van der Waals surface area (Å²) in [7, 11) is 1.28. The molecular weight excluding hydrogens is 269 g/mol. The average molecular weight is 279 g/mol. The highest BCUT2D eigenvalue weighted by Crippen LogP contribution is 2.19. The fourth-order valence-corrected chi connectivity index (χ4v) is 2.22. The number of carbonyl (C=O) groups excluding carboxylic acids is 2. The Labute approximate surface area is 112 Å². The molecule has 1 N–H and O–H groups in total. The molecular formula is C13H10FNO3S. The summed E-state index contributed by atoms with van der Waals surface area (Å²) in [4.78, 5) is 23.9. The molecule has 1 heterocycles. The minimum Gasteiger partial charge on any atom is -0.465 e. The summed E-state index contributed by atoms with van der Waals surface area (Å²) in [6, 6.07) is 8.49. The van der Waals surface area contributed by atoms with Crippen molar-refractivity contribution in [3.63, 3.8) is 0 Å². The van der Waals surface area contributed by atoms with Crippen LogP contribution in [0.2, 0.25) is 0 Å². The number of methoxy groups -OCH3 is 1. The van der Waals surface area contributed by atoms with Crippen LogP contribution in [-0.2, 0) is 4.74 Å². The van der Waals surface area contributed by atoms with Crippen molar-refractivity contribution in [1.82, 2.24) is 0 Å². The van der Waals surface area contributed by atoms with Crippen molar-refractivity contribution in [3.8, 4) is 0 Å². The number of esters is 1. The van der Waals surface area contributed by atoms with Gasteiger partial charge in [0.25, 0.3) is 5.91 Å². The van der Waals surface area contributed by atoms with Crippen LogP contribution in [0.1, 0.15) is 19.3 Å². The van der Waals surface area contributed by atoms with Crippen LogP contribution in [0, 0.1) is 5.82 Å². The Bertz CT molecular complexity index is 607. The van der Waals surface area contributed by atoms with E-state index in [2.05, 4.69) is 10.1 Å². The summed E-state index contributed by atoms with van der Waals surface area (Å²) < 4.78 is 17.3. The Morgan fingerprint density at radius 1 is 1.11 bits per heavy atom. The zero-order valence-corrected chi connectivity index (χ0v) is 10.8. The van der Waals surface area contributed by atoms with Crippen LogP contribution in [0.15, 0.2) is 36.4 Å². The number of anilines is 1. The highest BCUT2D eigenvalue weighted by Gasteiger charge is 2.14. The van der Waals surface area contributed by atoms with Gasteiger partial charge in [0.05, 0.1) is 12.0 Å². The number of nitrogens with one attached hydrogen (secondary N) is 1. The van der Waals surface area contributed by atoms with Gasteiger partial charge in [-0.05, 0) is 36.4 Å². The average Bonchev–Trinajstić information content (AvgIpc) is 2.90. The SMILES string of the molecule is COC(=O)c1ccc(C(=O)Nc2ccc(F)cc2)s1. The maximum atomic E-state index is 12.7. The lowest BCUT2D eigenvalue weighted by Gasteiger charge is -2.02. The van der Waals surface area contributed by atoms with Crippen LogP contribution >= 0.6 is 11.3 Å². The second kappa shape index (κ2) is 5.62. The first kappa shape index (κ1) is 13.2. The molecule has 19 heavy (non-hydrogen) atoms. The highest BCUT2D eigenvalue weighted by atomic mass is 32.1. The molecule has 1 aromatic heterocycles. The molecule has 0 fully saturated rings. The highest BCUT2D eigenvalue weighted by molar-refractivity contribution is 7.16. The lowest BCUT2D eigenvalue weighted by molar-refractivity contribution is 0.0606. The summed E-state index contributed by atoms with van der Waals surface area (Å²) in [6.07, 6.45) is 0. The molecule has 6 heteroatoms. The molecule has 0 atom stereocenters. The lowest BCUT2D eigenvalue weighted by atomic mass is 10.3. The van der Waals surface area contributed by atoms with Crippen LogP contribution in [0.25, 0.3) is 0 Å². The van der Waals surface area contributed by atoms with Gasteiger partial charge in [-0.3, -0.25) is 4.79 Å². The van der Waals surface area contributed by atoms with E-state index in [-0.39, 0.29) is 11.7 Å². The quantitative estimate of drug-likeness (QED) is 0.879. The zero-order chi connectivity index (χ0) is 13.8. The Balaban J connectivity index is 2.09. The van der Waals surface area contributed by atoms with Crippen molar-refractivity contribution in [2.45, 2.75) is 0 Å². The number of hydrogen-bond donors (Lipinski definition) is 1. The summed E-state index contributed by atoms with van der Waals surface area (Å²) in [6.45, 7) is 0. The van der Waals surface area contributed by atoms with Crippen molar-refractivity contribution in [2.24, 2.45) is 0 Å². The molecule has 0 radical (unpaired) electrons. The van der Waals surface area contributed by atoms with Crippen LogP contribution in [0.5, 0.6) is 0 Å². The van der Waals surface area contributed by atoms with Crippen molar-refractivity contribution in [1.29, 1.82) is 0 Å². The molecule has 1 aromatic carbocycles. The van der Waals surface area contributed by atoms with Crippen molar-refractivity contribution in [2.75, 3.05) is 12.4 Å². The number of ether oxygens (including phenoxy) is 1. The van der Waals surface area contributed by atoms with Crippen molar-refractivity contribution >= 4 is 28.9 Å². The third-order valence-corrected chi connectivity index (χ3v) is 3.38. The number of amides is 1. The number of benzene rings is 1. The Morgan fingerprint density at radius 3 is 2.37 bits per heavy atom. The maximum Gasteiger partial charge on any atom is 0.348 e. The summed E-state index contributed by atoms with van der Waals surface area (Å²) in [5.74, 6) is -1.21. The maximum absolute atomic E-state index is 12.7. The predicted octanol–water partition coefficient (Wildman–Crippen LogP) is 2.93. The first-order valence-electron chi connectivity index (χ1n) is 5.35. The number of carbonyl (C=O) groups is 2. The standard InChI is InChI=1S/C13H10FNO3S/c1-18-13(17)11-7-6-10(19-11)12(16)15-9-4-2-8(14)3-5-9/h2-7H,1H3,(H,15,16). The van der Waals surface area contributed by atoms with E-state index in [1.807, 2.05) is 0 Å². The van der Waals surface area contributed by atoms with E-state index in [1.165, 1.54) is 43.5 Å². The molecule has 98 valence electrons. The van der Waals surface area contributed by atoms with Gasteiger partial charge in [-0.25, -0.2) is 9.18 Å². The van der Waals surface area contributed by atoms with Gasteiger partial charge in [-0.2, -0.15) is 0 Å². The summed E-state index contributed by atoms with van der Waals surface area (Å²) in [5, 5.41) is 2.61. The van der Waals surface area contributed by atoms with Gasteiger partial charge in [0.15, 0.2) is 0 Å². The van der Waals surface area contributed by atoms with Crippen molar-refractivity contribution in [3.05, 3.63) is 52.0 Å². The van der Waals surface area contributed by atoms with Gasteiger partial charge in [0.2, 0.25) is 0 Å². The van der Waals surface area contributed by atoms with E-state index in [0.717, 1.165) is 11.3 Å². The molecule has 0 saturated carbocycles. The van der Waals surface area contributed by atoms with E-state index in [9.17, 15) is 14.0 Å². The molecule has 0 spiro atoms. The molecule has 0 aliphatic rings. The third kappa shape index (κ3) is 3.17. The van der Waals surface area contributed by atoms with E-state index in [4.69, 9.17) is 0 Å². The van der Waals surface area contributed by atoms with Gasteiger partial charge >= 0.3 is 5.97 Å². The van der Waals surface area contributed by atoms with E-state index in [0.29, 0.717) is 15.4 Å². The van der Waals surface area contributed by atoms with Crippen LogP contribution in [0.3, 0.4) is 0 Å². The molecule has 2 aromatic rings. The summed E-state index contributed by atoms with van der Waals surface area (Å²) in [5.41, 5.74) is 0.486. The van der Waals surface area contributed by atoms with Crippen LogP contribution < -0.4 is 5.32 Å². The lowest BCUT2D eigenvalue weighted by Crippen LogP contribution is -2.09. The third-order valence-electron chi connectivity index (χ3n) is 2.32. The second-order valence-electron chi connectivity index (χ2n) is 3.62. The largest absolute Gasteiger partial charge is 0.465 e. The number of rotatable bonds is 3. The first-order valence-corrected chi connectivity index (χ1v) is 6.17. The van der Waals surface area contributed by atoms with Gasteiger partial charge in [0.1, 0.15) is 10.7 Å². The molecule has 0 bridgehead atoms. The smallest absolute Gasteiger partial charge is 0.348 e. The van der Waals surface area contributed by atoms with Gasteiger partial charge < -0.3 is 10.1 Å². The van der Waals surface area contributed by atoms with Gasteiger partial charge in [0, 0.05) is 5.69 Å². The van der Waals surface area contributed by atoms with Gasteiger partial charge in [-0.15, -0.1) is 11.3 Å². The number of hydrogen-bond acceptors (Lipinski definition) is 4. The monoisotopic (exact) mass is 279 g/mol. The molecule has 2 rings (SSSR count). The topological polar surface area (TPSA) is 55.4 Å². The first-order chi connectivity index (χ1) is 9.10. The van der Waals surface area contributed by atoms with Crippen LogP contribution in [0.4, 0.5) is 10.1 Å². The summed E-state index contributed by atoms with van der Waals surface area (Å²) >= 11 is 1.04. The van der Waals surface area contributed by atoms with E-state index >= 15 is 0 Å². The molecule has 0 unspecified atom stereocenters. The molecule has 4 nitrogen and oxygen atoms in total. The Hall–Kier alpha value is -2.21. The molecule has 1 amide bonds. The molecule has 0 aliphatic carbocycles. The Kier molecular flexibility index (Phi) is 3.91. The molecule has 0 aliphatic heterocycles. The number of halogens is 1. The fraction of sp³-hybridized carbons (Fsp3) is 0.0769. The predicted molar refractivity (Wildman–Crippen MR) is 70.0 cm³/mol. The number of thiophene rings is 1. The van der Waals surface area contributed by atoms with Crippen molar-refractivity contribution < 1.29 is 18.7 Å². The zero-order valence-electron chi connectivity index (χ0n) is 9.98. The van der Waals surface area contributed by atoms with E-state index < -0.39 is 5.97 Å². The normalized spacial score (nSPS) is 10.0. The second-order valence-corrected chi connectivity index (χ2v) is 4.70. The Morgan fingerprint density at radius 2 is 1.74 bits per heavy atom. The van der Waals surface area contributed by atoms with E-state index in [1.54, 1.807) is 0 Å². The minimum absolute atomic E-state index is 0.353. The van der Waals surface area contributed by atoms with Gasteiger partial charge in [-0.1, -0.05) is 0 Å².